The van der Waals surface area contributed by atoms with E-state index in [9.17, 15) is 14.4 Å². The quantitative estimate of drug-likeness (QED) is 0.703. The van der Waals surface area contributed by atoms with Gasteiger partial charge in [-0.1, -0.05) is 12.2 Å². The monoisotopic (exact) mass is 414 g/mol. The standard InChI is InChI=1S/C23H34N4O3/c28-21-7-3-6-20-18-12-16(14-27(20)21)13-26(15-18)23(30)25-10-8-19(9-11-25)24-22(29)17-4-1-2-5-17/h1-2,16-20H,3-15H2,(H,24,29)/t16?,18?,20-/m1/s1. The van der Waals surface area contributed by atoms with Gasteiger partial charge in [-0.05, 0) is 56.8 Å². The molecule has 4 fully saturated rings. The number of piperidine rings is 4. The van der Waals surface area contributed by atoms with Crippen LogP contribution >= 0.6 is 0 Å². The summed E-state index contributed by atoms with van der Waals surface area (Å²) in [5.74, 6) is 1.44. The van der Waals surface area contributed by atoms with Crippen LogP contribution in [-0.4, -0.2) is 77.4 Å². The Kier molecular flexibility index (Phi) is 5.46. The van der Waals surface area contributed by atoms with Crippen molar-refractivity contribution >= 4 is 17.8 Å². The van der Waals surface area contributed by atoms with Gasteiger partial charge < -0.3 is 20.0 Å². The SMILES string of the molecule is O=C(NC1CCN(C(=O)N2CC3CC(C2)[C@H]2CCCC(=O)N2C3)CC1)C1CC=CC1. The lowest BCUT2D eigenvalue weighted by Crippen LogP contribution is -2.62. The van der Waals surface area contributed by atoms with E-state index in [0.717, 1.165) is 64.6 Å². The number of allylic oxidation sites excluding steroid dienone is 2. The maximum absolute atomic E-state index is 13.2. The first-order valence-electron chi connectivity index (χ1n) is 11.9. The maximum atomic E-state index is 13.2. The van der Waals surface area contributed by atoms with E-state index in [0.29, 0.717) is 43.3 Å². The summed E-state index contributed by atoms with van der Waals surface area (Å²) in [6.07, 6.45) is 11.5. The molecule has 0 spiro atoms. The van der Waals surface area contributed by atoms with Crippen molar-refractivity contribution in [1.29, 1.82) is 0 Å². The van der Waals surface area contributed by atoms with Gasteiger partial charge >= 0.3 is 6.03 Å². The molecule has 164 valence electrons. The van der Waals surface area contributed by atoms with E-state index in [1.165, 1.54) is 0 Å². The van der Waals surface area contributed by atoms with Crippen molar-refractivity contribution < 1.29 is 14.4 Å². The highest BCUT2D eigenvalue weighted by atomic mass is 16.2. The highest BCUT2D eigenvalue weighted by Crippen LogP contribution is 2.38. The van der Waals surface area contributed by atoms with Crippen LogP contribution < -0.4 is 5.32 Å². The summed E-state index contributed by atoms with van der Waals surface area (Å²) in [4.78, 5) is 44.1. The van der Waals surface area contributed by atoms with Gasteiger partial charge in [0.1, 0.15) is 0 Å². The van der Waals surface area contributed by atoms with Gasteiger partial charge in [-0.2, -0.15) is 0 Å². The summed E-state index contributed by atoms with van der Waals surface area (Å²) in [6, 6.07) is 0.680. The third-order valence-electron chi connectivity index (χ3n) is 7.94. The van der Waals surface area contributed by atoms with Crippen molar-refractivity contribution in [3.05, 3.63) is 12.2 Å². The lowest BCUT2D eigenvalue weighted by molar-refractivity contribution is -0.144. The minimum atomic E-state index is 0.101. The van der Waals surface area contributed by atoms with Crippen LogP contribution in [0, 0.1) is 17.8 Å². The summed E-state index contributed by atoms with van der Waals surface area (Å²) in [5.41, 5.74) is 0. The van der Waals surface area contributed by atoms with Crippen LogP contribution in [0.5, 0.6) is 0 Å². The number of carbonyl (C=O) groups excluding carboxylic acids is 3. The van der Waals surface area contributed by atoms with Crippen LogP contribution in [0.2, 0.25) is 0 Å². The van der Waals surface area contributed by atoms with E-state index >= 15 is 0 Å². The van der Waals surface area contributed by atoms with Crippen molar-refractivity contribution in [2.75, 3.05) is 32.7 Å². The Hall–Kier alpha value is -2.05. The zero-order valence-corrected chi connectivity index (χ0v) is 17.8. The lowest BCUT2D eigenvalue weighted by atomic mass is 9.76. The van der Waals surface area contributed by atoms with Crippen LogP contribution in [0.4, 0.5) is 4.79 Å². The summed E-state index contributed by atoms with van der Waals surface area (Å²) >= 11 is 0. The molecule has 3 atom stereocenters. The number of amides is 4. The van der Waals surface area contributed by atoms with Gasteiger partial charge in [0.25, 0.3) is 0 Å². The van der Waals surface area contributed by atoms with Crippen molar-refractivity contribution in [3.8, 4) is 0 Å². The second-order valence-electron chi connectivity index (χ2n) is 9.96. The number of rotatable bonds is 2. The highest BCUT2D eigenvalue weighted by molar-refractivity contribution is 5.80. The fourth-order valence-electron chi connectivity index (χ4n) is 6.33. The first-order valence-corrected chi connectivity index (χ1v) is 11.9. The van der Waals surface area contributed by atoms with Crippen molar-refractivity contribution in [1.82, 2.24) is 20.0 Å². The molecule has 7 heteroatoms. The number of nitrogens with zero attached hydrogens (tertiary/aromatic N) is 3. The van der Waals surface area contributed by atoms with E-state index in [1.54, 1.807) is 0 Å². The normalized spacial score (nSPS) is 32.3. The summed E-state index contributed by atoms with van der Waals surface area (Å²) in [6.45, 7) is 3.82. The molecule has 4 aliphatic heterocycles. The Labute approximate surface area is 178 Å². The molecule has 0 radical (unpaired) electrons. The number of carbonyl (C=O) groups is 3. The Balaban J connectivity index is 1.13. The summed E-state index contributed by atoms with van der Waals surface area (Å²) in [7, 11) is 0. The smallest absolute Gasteiger partial charge is 0.320 e. The predicted molar refractivity (Wildman–Crippen MR) is 113 cm³/mol. The largest absolute Gasteiger partial charge is 0.353 e. The zero-order chi connectivity index (χ0) is 20.7. The predicted octanol–water partition coefficient (Wildman–Crippen LogP) is 1.99. The van der Waals surface area contributed by atoms with Crippen molar-refractivity contribution in [2.45, 2.75) is 63.5 Å². The number of likely N-dealkylation sites (tertiary alicyclic amines) is 2. The third kappa shape index (κ3) is 3.83. The molecule has 0 aromatic heterocycles. The molecule has 4 saturated heterocycles. The lowest BCUT2D eigenvalue weighted by Gasteiger charge is -2.53. The first kappa shape index (κ1) is 19.9. The molecule has 0 saturated carbocycles. The Morgan fingerprint density at radius 3 is 2.50 bits per heavy atom. The molecule has 0 aromatic carbocycles. The molecule has 30 heavy (non-hydrogen) atoms. The van der Waals surface area contributed by atoms with Crippen molar-refractivity contribution in [2.24, 2.45) is 17.8 Å². The number of urea groups is 1. The molecule has 0 aromatic rings. The maximum Gasteiger partial charge on any atom is 0.320 e. The van der Waals surface area contributed by atoms with Crippen LogP contribution in [0.3, 0.4) is 0 Å². The molecule has 1 N–H and O–H groups in total. The van der Waals surface area contributed by atoms with Crippen LogP contribution in [0.1, 0.15) is 51.4 Å². The topological polar surface area (TPSA) is 73.0 Å². The number of hydrogen-bond donors (Lipinski definition) is 1. The molecule has 2 bridgehead atoms. The van der Waals surface area contributed by atoms with E-state index in [2.05, 4.69) is 27.3 Å². The Bertz CT molecular complexity index is 722. The Morgan fingerprint density at radius 1 is 0.967 bits per heavy atom. The molecule has 5 aliphatic rings. The average molecular weight is 415 g/mol. The first-order chi connectivity index (χ1) is 14.6. The van der Waals surface area contributed by atoms with Crippen LogP contribution in [0.25, 0.3) is 0 Å². The van der Waals surface area contributed by atoms with Gasteiger partial charge in [0.05, 0.1) is 0 Å². The minimum absolute atomic E-state index is 0.101. The molecule has 1 aliphatic carbocycles. The second kappa shape index (κ2) is 8.23. The molecule has 4 amide bonds. The van der Waals surface area contributed by atoms with Gasteiger partial charge in [0, 0.05) is 57.1 Å². The van der Waals surface area contributed by atoms with Gasteiger partial charge in [-0.3, -0.25) is 9.59 Å². The Morgan fingerprint density at radius 2 is 1.73 bits per heavy atom. The van der Waals surface area contributed by atoms with Gasteiger partial charge in [0.15, 0.2) is 0 Å². The van der Waals surface area contributed by atoms with E-state index < -0.39 is 0 Å². The average Bonchev–Trinajstić information content (AvgIpc) is 3.30. The highest BCUT2D eigenvalue weighted by Gasteiger charge is 2.45. The summed E-state index contributed by atoms with van der Waals surface area (Å²) < 4.78 is 0. The molecule has 2 unspecified atom stereocenters. The molecule has 5 rings (SSSR count). The van der Waals surface area contributed by atoms with Gasteiger partial charge in [-0.15, -0.1) is 0 Å². The molecular weight excluding hydrogens is 380 g/mol. The minimum Gasteiger partial charge on any atom is -0.353 e. The third-order valence-corrected chi connectivity index (χ3v) is 7.94. The number of fused-ring (bicyclic) bond motifs is 4. The molecular formula is C23H34N4O3. The van der Waals surface area contributed by atoms with E-state index in [4.69, 9.17) is 0 Å². The second-order valence-corrected chi connectivity index (χ2v) is 9.96. The van der Waals surface area contributed by atoms with Gasteiger partial charge in [0.2, 0.25) is 11.8 Å². The fraction of sp³-hybridized carbons (Fsp3) is 0.783. The molecule has 7 nitrogen and oxygen atoms in total. The van der Waals surface area contributed by atoms with Crippen molar-refractivity contribution in [3.63, 3.8) is 0 Å². The van der Waals surface area contributed by atoms with E-state index in [1.807, 2.05) is 4.90 Å². The zero-order valence-electron chi connectivity index (χ0n) is 17.8. The number of hydrogen-bond acceptors (Lipinski definition) is 3. The number of nitrogens with one attached hydrogen (secondary N) is 1. The van der Waals surface area contributed by atoms with Gasteiger partial charge in [-0.25, -0.2) is 4.79 Å². The molecule has 4 heterocycles. The summed E-state index contributed by atoms with van der Waals surface area (Å²) in [5, 5.41) is 3.20. The van der Waals surface area contributed by atoms with Crippen LogP contribution in [0.15, 0.2) is 12.2 Å². The van der Waals surface area contributed by atoms with E-state index in [-0.39, 0.29) is 23.9 Å². The fourth-order valence-corrected chi connectivity index (χ4v) is 6.33. The van der Waals surface area contributed by atoms with Crippen LogP contribution in [-0.2, 0) is 9.59 Å².